The molecule has 0 aliphatic carbocycles. The standard InChI is InChI=1S/C19H16FNO4S/c1-26(23,24)17-9-4-14(5-10-17)19(22)21-12-16-8-11-18(25-16)13-2-6-15(20)7-3-13/h2-11H,12H2,1H3,(H,21,22). The molecule has 0 radical (unpaired) electrons. The van der Waals surface area contributed by atoms with Gasteiger partial charge in [-0.3, -0.25) is 4.79 Å². The molecular formula is C19H16FNO4S. The van der Waals surface area contributed by atoms with Crippen molar-refractivity contribution in [2.75, 3.05) is 6.26 Å². The Morgan fingerprint density at radius 2 is 1.65 bits per heavy atom. The number of rotatable bonds is 5. The third-order valence-electron chi connectivity index (χ3n) is 3.76. The smallest absolute Gasteiger partial charge is 0.251 e. The molecule has 0 aliphatic heterocycles. The van der Waals surface area contributed by atoms with Gasteiger partial charge in [-0.05, 0) is 60.7 Å². The van der Waals surface area contributed by atoms with Crippen LogP contribution in [0.5, 0.6) is 0 Å². The van der Waals surface area contributed by atoms with E-state index in [4.69, 9.17) is 4.42 Å². The van der Waals surface area contributed by atoms with E-state index in [1.807, 2.05) is 0 Å². The van der Waals surface area contributed by atoms with Gasteiger partial charge in [0.05, 0.1) is 11.4 Å². The minimum atomic E-state index is -3.30. The zero-order valence-electron chi connectivity index (χ0n) is 13.9. The second-order valence-corrected chi connectivity index (χ2v) is 7.77. The van der Waals surface area contributed by atoms with Crippen molar-refractivity contribution in [1.82, 2.24) is 5.32 Å². The molecule has 3 rings (SSSR count). The van der Waals surface area contributed by atoms with Crippen LogP contribution in [0.15, 0.2) is 70.0 Å². The van der Waals surface area contributed by atoms with Crippen molar-refractivity contribution in [3.63, 3.8) is 0 Å². The fraction of sp³-hybridized carbons (Fsp3) is 0.105. The van der Waals surface area contributed by atoms with E-state index in [2.05, 4.69) is 5.32 Å². The average Bonchev–Trinajstić information content (AvgIpc) is 3.08. The van der Waals surface area contributed by atoms with Crippen molar-refractivity contribution in [3.8, 4) is 11.3 Å². The lowest BCUT2D eigenvalue weighted by Crippen LogP contribution is -2.22. The number of amides is 1. The van der Waals surface area contributed by atoms with E-state index in [0.717, 1.165) is 11.8 Å². The predicted octanol–water partition coefficient (Wildman–Crippen LogP) is 3.42. The van der Waals surface area contributed by atoms with Crippen LogP contribution in [-0.4, -0.2) is 20.6 Å². The molecule has 0 spiro atoms. The summed E-state index contributed by atoms with van der Waals surface area (Å²) in [5.41, 5.74) is 1.09. The Hall–Kier alpha value is -2.93. The molecule has 0 atom stereocenters. The first-order valence-electron chi connectivity index (χ1n) is 7.76. The molecule has 0 aliphatic rings. The molecule has 0 bridgehead atoms. The van der Waals surface area contributed by atoms with Gasteiger partial charge in [-0.2, -0.15) is 0 Å². The SMILES string of the molecule is CS(=O)(=O)c1ccc(C(=O)NCc2ccc(-c3ccc(F)cc3)o2)cc1. The minimum absolute atomic E-state index is 0.157. The summed E-state index contributed by atoms with van der Waals surface area (Å²) < 4.78 is 41.5. The summed E-state index contributed by atoms with van der Waals surface area (Å²) in [4.78, 5) is 12.3. The summed E-state index contributed by atoms with van der Waals surface area (Å²) in [5, 5.41) is 2.71. The monoisotopic (exact) mass is 373 g/mol. The Kier molecular flexibility index (Phi) is 4.90. The van der Waals surface area contributed by atoms with Crippen LogP contribution in [0.3, 0.4) is 0 Å². The molecule has 0 saturated heterocycles. The zero-order valence-corrected chi connectivity index (χ0v) is 14.7. The molecule has 0 unspecified atom stereocenters. The number of carbonyl (C=O) groups is 1. The molecule has 26 heavy (non-hydrogen) atoms. The fourth-order valence-corrected chi connectivity index (χ4v) is 3.00. The van der Waals surface area contributed by atoms with E-state index >= 15 is 0 Å². The number of halogens is 1. The van der Waals surface area contributed by atoms with Gasteiger partial charge in [0.2, 0.25) is 0 Å². The third kappa shape index (κ3) is 4.18. The van der Waals surface area contributed by atoms with Crippen LogP contribution in [-0.2, 0) is 16.4 Å². The molecule has 0 saturated carbocycles. The van der Waals surface area contributed by atoms with Gasteiger partial charge in [0.25, 0.3) is 5.91 Å². The largest absolute Gasteiger partial charge is 0.459 e. The number of benzene rings is 2. The first kappa shape index (κ1) is 17.9. The highest BCUT2D eigenvalue weighted by Crippen LogP contribution is 2.22. The van der Waals surface area contributed by atoms with Crippen LogP contribution in [0.1, 0.15) is 16.1 Å². The highest BCUT2D eigenvalue weighted by Gasteiger charge is 2.11. The lowest BCUT2D eigenvalue weighted by molar-refractivity contribution is 0.0948. The first-order chi connectivity index (χ1) is 12.3. The number of nitrogens with one attached hydrogen (secondary N) is 1. The molecule has 1 N–H and O–H groups in total. The van der Waals surface area contributed by atoms with Crippen molar-refractivity contribution in [1.29, 1.82) is 0 Å². The molecule has 1 aromatic heterocycles. The predicted molar refractivity (Wildman–Crippen MR) is 94.8 cm³/mol. The van der Waals surface area contributed by atoms with Crippen molar-refractivity contribution >= 4 is 15.7 Å². The summed E-state index contributed by atoms with van der Waals surface area (Å²) in [6.07, 6.45) is 1.11. The van der Waals surface area contributed by atoms with Crippen LogP contribution in [0, 0.1) is 5.82 Å². The lowest BCUT2D eigenvalue weighted by atomic mass is 10.2. The van der Waals surface area contributed by atoms with Gasteiger partial charge in [-0.15, -0.1) is 0 Å². The Labute approximate surface area is 150 Å². The van der Waals surface area contributed by atoms with Crippen LogP contribution in [0.4, 0.5) is 4.39 Å². The van der Waals surface area contributed by atoms with Gasteiger partial charge in [0.15, 0.2) is 9.84 Å². The number of carbonyl (C=O) groups excluding carboxylic acids is 1. The van der Waals surface area contributed by atoms with Crippen LogP contribution < -0.4 is 5.32 Å². The van der Waals surface area contributed by atoms with Crippen LogP contribution >= 0.6 is 0 Å². The zero-order chi connectivity index (χ0) is 18.7. The quantitative estimate of drug-likeness (QED) is 0.743. The fourth-order valence-electron chi connectivity index (χ4n) is 2.37. The average molecular weight is 373 g/mol. The highest BCUT2D eigenvalue weighted by molar-refractivity contribution is 7.90. The summed E-state index contributed by atoms with van der Waals surface area (Å²) in [5.74, 6) is 0.455. The second kappa shape index (κ2) is 7.13. The third-order valence-corrected chi connectivity index (χ3v) is 4.89. The maximum absolute atomic E-state index is 13.0. The lowest BCUT2D eigenvalue weighted by Gasteiger charge is -2.04. The summed E-state index contributed by atoms with van der Waals surface area (Å²) in [7, 11) is -3.30. The molecule has 1 heterocycles. The van der Waals surface area contributed by atoms with Gasteiger partial charge in [-0.25, -0.2) is 12.8 Å². The van der Waals surface area contributed by atoms with Gasteiger partial charge in [0, 0.05) is 17.4 Å². The topological polar surface area (TPSA) is 76.4 Å². The summed E-state index contributed by atoms with van der Waals surface area (Å²) in [6, 6.07) is 15.1. The molecule has 2 aromatic carbocycles. The van der Waals surface area contributed by atoms with Gasteiger partial charge in [0.1, 0.15) is 17.3 Å². The normalized spacial score (nSPS) is 11.3. The van der Waals surface area contributed by atoms with E-state index in [1.54, 1.807) is 24.3 Å². The van der Waals surface area contributed by atoms with E-state index in [0.29, 0.717) is 17.1 Å². The van der Waals surface area contributed by atoms with E-state index < -0.39 is 9.84 Å². The van der Waals surface area contributed by atoms with Gasteiger partial charge >= 0.3 is 0 Å². The van der Waals surface area contributed by atoms with Gasteiger partial charge in [-0.1, -0.05) is 0 Å². The Morgan fingerprint density at radius 3 is 2.27 bits per heavy atom. The van der Waals surface area contributed by atoms with Crippen molar-refractivity contribution in [2.45, 2.75) is 11.4 Å². The van der Waals surface area contributed by atoms with Crippen LogP contribution in [0.25, 0.3) is 11.3 Å². The maximum Gasteiger partial charge on any atom is 0.251 e. The summed E-state index contributed by atoms with van der Waals surface area (Å²) >= 11 is 0. The Balaban J connectivity index is 1.64. The molecule has 7 heteroatoms. The second-order valence-electron chi connectivity index (χ2n) is 5.75. The summed E-state index contributed by atoms with van der Waals surface area (Å²) in [6.45, 7) is 0.174. The maximum atomic E-state index is 13.0. The molecule has 1 amide bonds. The van der Waals surface area contributed by atoms with E-state index in [9.17, 15) is 17.6 Å². The molecule has 3 aromatic rings. The number of hydrogen-bond acceptors (Lipinski definition) is 4. The van der Waals surface area contributed by atoms with E-state index in [-0.39, 0.29) is 23.2 Å². The molecule has 5 nitrogen and oxygen atoms in total. The van der Waals surface area contributed by atoms with Crippen molar-refractivity contribution < 1.29 is 22.0 Å². The van der Waals surface area contributed by atoms with Crippen molar-refractivity contribution in [3.05, 3.63) is 77.8 Å². The Bertz CT molecular complexity index is 1020. The van der Waals surface area contributed by atoms with E-state index in [1.165, 1.54) is 36.4 Å². The van der Waals surface area contributed by atoms with Crippen molar-refractivity contribution in [2.24, 2.45) is 0 Å². The number of hydrogen-bond donors (Lipinski definition) is 1. The number of sulfone groups is 1. The molecule has 0 fully saturated rings. The highest BCUT2D eigenvalue weighted by atomic mass is 32.2. The van der Waals surface area contributed by atoms with Crippen LogP contribution in [0.2, 0.25) is 0 Å². The number of furan rings is 1. The van der Waals surface area contributed by atoms with Gasteiger partial charge < -0.3 is 9.73 Å². The molecular weight excluding hydrogens is 357 g/mol. The first-order valence-corrected chi connectivity index (χ1v) is 9.65. The minimum Gasteiger partial charge on any atom is -0.459 e. The molecule has 134 valence electrons. The Morgan fingerprint density at radius 1 is 1.00 bits per heavy atom.